The van der Waals surface area contributed by atoms with Crippen LogP contribution in [-0.2, 0) is 11.2 Å². The van der Waals surface area contributed by atoms with E-state index in [4.69, 9.17) is 0 Å². The highest BCUT2D eigenvalue weighted by molar-refractivity contribution is 7.15. The van der Waals surface area contributed by atoms with Gasteiger partial charge in [0.1, 0.15) is 5.01 Å². The predicted octanol–water partition coefficient (Wildman–Crippen LogP) is 3.50. The zero-order chi connectivity index (χ0) is 14.6. The van der Waals surface area contributed by atoms with Crippen LogP contribution < -0.4 is 5.32 Å². The Hall–Kier alpha value is -1.75. The van der Waals surface area contributed by atoms with E-state index in [0.717, 1.165) is 11.4 Å². The molecule has 1 heterocycles. The van der Waals surface area contributed by atoms with Crippen LogP contribution in [0.1, 0.15) is 37.8 Å². The number of amides is 1. The fourth-order valence-corrected chi connectivity index (χ4v) is 2.58. The highest BCUT2D eigenvalue weighted by Crippen LogP contribution is 2.22. The van der Waals surface area contributed by atoms with Gasteiger partial charge in [-0.2, -0.15) is 0 Å². The molecule has 0 radical (unpaired) electrons. The van der Waals surface area contributed by atoms with Crippen LogP contribution in [0.3, 0.4) is 0 Å². The third-order valence-electron chi connectivity index (χ3n) is 2.60. The molecule has 1 N–H and O–H groups in total. The molecule has 0 saturated heterocycles. The highest BCUT2D eigenvalue weighted by atomic mass is 32.1. The number of rotatable bonds is 4. The van der Waals surface area contributed by atoms with Crippen LogP contribution >= 0.6 is 11.3 Å². The number of hydrogen-bond acceptors (Lipinski definition) is 4. The van der Waals surface area contributed by atoms with Gasteiger partial charge in [-0.25, -0.2) is 0 Å². The van der Waals surface area contributed by atoms with Crippen molar-refractivity contribution >= 4 is 22.4 Å². The van der Waals surface area contributed by atoms with E-state index in [1.54, 1.807) is 0 Å². The van der Waals surface area contributed by atoms with Crippen LogP contribution in [0.2, 0.25) is 0 Å². The topological polar surface area (TPSA) is 54.9 Å². The molecule has 1 aromatic carbocycles. The van der Waals surface area contributed by atoms with E-state index < -0.39 is 0 Å². The standard InChI is InChI=1S/C15H19N3OS/c1-15(2,3)10-12(19)16-14-18-17-13(20-14)9-11-7-5-4-6-8-11/h4-8H,9-10H2,1-3H3,(H,16,18,19). The molecule has 0 unspecified atom stereocenters. The van der Waals surface area contributed by atoms with Gasteiger partial charge in [0.05, 0.1) is 0 Å². The summed E-state index contributed by atoms with van der Waals surface area (Å²) in [5.41, 5.74) is 1.16. The first kappa shape index (κ1) is 14.7. The number of anilines is 1. The molecular weight excluding hydrogens is 270 g/mol. The highest BCUT2D eigenvalue weighted by Gasteiger charge is 2.17. The van der Waals surface area contributed by atoms with Gasteiger partial charge in [-0.3, -0.25) is 4.79 Å². The Bertz CT molecular complexity index is 572. The first-order valence-electron chi connectivity index (χ1n) is 6.58. The van der Waals surface area contributed by atoms with Gasteiger partial charge >= 0.3 is 0 Å². The van der Waals surface area contributed by atoms with Gasteiger partial charge in [0.25, 0.3) is 0 Å². The molecule has 106 valence electrons. The Kier molecular flexibility index (Phi) is 4.49. The van der Waals surface area contributed by atoms with E-state index in [-0.39, 0.29) is 11.3 Å². The number of benzene rings is 1. The minimum atomic E-state index is -0.0262. The van der Waals surface area contributed by atoms with Crippen molar-refractivity contribution in [2.75, 3.05) is 5.32 Å². The van der Waals surface area contributed by atoms with Crippen molar-refractivity contribution in [1.82, 2.24) is 10.2 Å². The maximum Gasteiger partial charge on any atom is 0.226 e. The summed E-state index contributed by atoms with van der Waals surface area (Å²) in [4.78, 5) is 11.8. The van der Waals surface area contributed by atoms with Crippen LogP contribution in [0.25, 0.3) is 0 Å². The number of aromatic nitrogens is 2. The SMILES string of the molecule is CC(C)(C)CC(=O)Nc1nnc(Cc2ccccc2)s1. The lowest BCUT2D eigenvalue weighted by atomic mass is 9.92. The van der Waals surface area contributed by atoms with Crippen molar-refractivity contribution in [2.45, 2.75) is 33.6 Å². The molecule has 0 spiro atoms. The van der Waals surface area contributed by atoms with E-state index in [9.17, 15) is 4.79 Å². The minimum Gasteiger partial charge on any atom is -0.301 e. The Labute approximate surface area is 123 Å². The molecule has 20 heavy (non-hydrogen) atoms. The predicted molar refractivity (Wildman–Crippen MR) is 81.9 cm³/mol. The van der Waals surface area contributed by atoms with Crippen LogP contribution in [0, 0.1) is 5.41 Å². The third kappa shape index (κ3) is 4.74. The second-order valence-corrected chi connectivity index (χ2v) is 7.01. The minimum absolute atomic E-state index is 0.0140. The summed E-state index contributed by atoms with van der Waals surface area (Å²) in [6, 6.07) is 10.1. The third-order valence-corrected chi connectivity index (χ3v) is 3.44. The zero-order valence-corrected chi connectivity index (χ0v) is 12.8. The van der Waals surface area contributed by atoms with Crippen LogP contribution in [0.5, 0.6) is 0 Å². The van der Waals surface area contributed by atoms with Crippen molar-refractivity contribution in [1.29, 1.82) is 0 Å². The second kappa shape index (κ2) is 6.13. The van der Waals surface area contributed by atoms with Crippen LogP contribution in [0.4, 0.5) is 5.13 Å². The van der Waals surface area contributed by atoms with Gasteiger partial charge in [0, 0.05) is 12.8 Å². The van der Waals surface area contributed by atoms with E-state index in [2.05, 4.69) is 27.6 Å². The van der Waals surface area contributed by atoms with Gasteiger partial charge in [0.2, 0.25) is 11.0 Å². The average Bonchev–Trinajstić information content (AvgIpc) is 2.75. The summed E-state index contributed by atoms with van der Waals surface area (Å²) in [5.74, 6) is -0.0140. The number of carbonyl (C=O) groups is 1. The van der Waals surface area contributed by atoms with Gasteiger partial charge in [0.15, 0.2) is 0 Å². The van der Waals surface area contributed by atoms with Gasteiger partial charge < -0.3 is 5.32 Å². The Morgan fingerprint density at radius 3 is 2.55 bits per heavy atom. The number of carbonyl (C=O) groups excluding carboxylic acids is 1. The molecule has 0 aliphatic rings. The van der Waals surface area contributed by atoms with E-state index in [1.165, 1.54) is 16.9 Å². The lowest BCUT2D eigenvalue weighted by Crippen LogP contribution is -2.19. The summed E-state index contributed by atoms with van der Waals surface area (Å²) < 4.78 is 0. The second-order valence-electron chi connectivity index (χ2n) is 5.95. The van der Waals surface area contributed by atoms with Crippen LogP contribution in [-0.4, -0.2) is 16.1 Å². The summed E-state index contributed by atoms with van der Waals surface area (Å²) in [6.07, 6.45) is 1.22. The monoisotopic (exact) mass is 289 g/mol. The quantitative estimate of drug-likeness (QED) is 0.937. The Morgan fingerprint density at radius 2 is 1.90 bits per heavy atom. The Morgan fingerprint density at radius 1 is 1.20 bits per heavy atom. The van der Waals surface area contributed by atoms with Gasteiger partial charge in [-0.1, -0.05) is 62.4 Å². The maximum atomic E-state index is 11.8. The molecule has 0 bridgehead atoms. The summed E-state index contributed by atoms with van der Waals surface area (Å²) >= 11 is 1.43. The largest absolute Gasteiger partial charge is 0.301 e. The smallest absolute Gasteiger partial charge is 0.226 e. The molecule has 2 rings (SSSR count). The van der Waals surface area contributed by atoms with Crippen molar-refractivity contribution in [3.05, 3.63) is 40.9 Å². The molecule has 0 atom stereocenters. The zero-order valence-electron chi connectivity index (χ0n) is 12.0. The fraction of sp³-hybridized carbons (Fsp3) is 0.400. The molecule has 0 aliphatic heterocycles. The van der Waals surface area contributed by atoms with Gasteiger partial charge in [-0.05, 0) is 11.0 Å². The number of nitrogens with zero attached hydrogens (tertiary/aromatic N) is 2. The van der Waals surface area contributed by atoms with Crippen molar-refractivity contribution < 1.29 is 4.79 Å². The lowest BCUT2D eigenvalue weighted by molar-refractivity contribution is -0.117. The number of nitrogens with one attached hydrogen (secondary N) is 1. The molecular formula is C15H19N3OS. The molecule has 0 saturated carbocycles. The molecule has 0 fully saturated rings. The molecule has 1 aromatic heterocycles. The molecule has 1 amide bonds. The molecule has 5 heteroatoms. The fourth-order valence-electron chi connectivity index (χ4n) is 1.79. The summed E-state index contributed by atoms with van der Waals surface area (Å²) in [5, 5.41) is 12.4. The lowest BCUT2D eigenvalue weighted by Gasteiger charge is -2.16. The Balaban J connectivity index is 1.94. The first-order valence-corrected chi connectivity index (χ1v) is 7.40. The normalized spacial score (nSPS) is 11.3. The van der Waals surface area contributed by atoms with E-state index in [0.29, 0.717) is 11.6 Å². The van der Waals surface area contributed by atoms with Crippen molar-refractivity contribution in [3.63, 3.8) is 0 Å². The first-order chi connectivity index (χ1) is 9.42. The van der Waals surface area contributed by atoms with Crippen molar-refractivity contribution in [3.8, 4) is 0 Å². The molecule has 0 aliphatic carbocycles. The summed E-state index contributed by atoms with van der Waals surface area (Å²) in [6.45, 7) is 6.11. The average molecular weight is 289 g/mol. The van der Waals surface area contributed by atoms with E-state index >= 15 is 0 Å². The maximum absolute atomic E-state index is 11.8. The molecule has 2 aromatic rings. The van der Waals surface area contributed by atoms with E-state index in [1.807, 2.05) is 39.0 Å². The summed E-state index contributed by atoms with van der Waals surface area (Å²) in [7, 11) is 0. The van der Waals surface area contributed by atoms with Gasteiger partial charge in [-0.15, -0.1) is 10.2 Å². The van der Waals surface area contributed by atoms with Crippen LogP contribution in [0.15, 0.2) is 30.3 Å². The van der Waals surface area contributed by atoms with Crippen molar-refractivity contribution in [2.24, 2.45) is 5.41 Å². The number of hydrogen-bond donors (Lipinski definition) is 1. The molecule has 4 nitrogen and oxygen atoms in total.